The van der Waals surface area contributed by atoms with Crippen LogP contribution < -0.4 is 10.2 Å². The van der Waals surface area contributed by atoms with Gasteiger partial charge in [0, 0.05) is 11.3 Å². The number of oxazole rings is 1. The molecule has 0 spiro atoms. The zero-order valence-corrected chi connectivity index (χ0v) is 16.2. The van der Waals surface area contributed by atoms with Gasteiger partial charge in [-0.1, -0.05) is 25.1 Å². The van der Waals surface area contributed by atoms with E-state index in [0.717, 1.165) is 34.7 Å². The highest BCUT2D eigenvalue weighted by Crippen LogP contribution is 2.20. The Labute approximate surface area is 164 Å². The maximum atomic E-state index is 13.1. The van der Waals surface area contributed by atoms with E-state index in [-0.39, 0.29) is 11.7 Å². The number of aryl methyl sites for hydroxylation is 1. The maximum absolute atomic E-state index is 13.1. The zero-order chi connectivity index (χ0) is 19.9. The molecule has 1 unspecified atom stereocenters. The predicted molar refractivity (Wildman–Crippen MR) is 106 cm³/mol. The third kappa shape index (κ3) is 5.27. The fourth-order valence-corrected chi connectivity index (χ4v) is 3.08. The van der Waals surface area contributed by atoms with Gasteiger partial charge in [0.1, 0.15) is 5.82 Å². The molecule has 1 aromatic heterocycles. The van der Waals surface area contributed by atoms with Crippen LogP contribution in [0.2, 0.25) is 0 Å². The van der Waals surface area contributed by atoms with Gasteiger partial charge in [0.15, 0.2) is 18.8 Å². The van der Waals surface area contributed by atoms with Gasteiger partial charge in [0.2, 0.25) is 0 Å². The summed E-state index contributed by atoms with van der Waals surface area (Å²) in [7, 11) is 0. The number of hydrogen-bond donors (Lipinski definition) is 2. The quantitative estimate of drug-likeness (QED) is 0.629. The van der Waals surface area contributed by atoms with Crippen LogP contribution in [0.25, 0.3) is 11.3 Å². The van der Waals surface area contributed by atoms with Crippen molar-refractivity contribution in [2.45, 2.75) is 26.8 Å². The molecule has 1 atom stereocenters. The van der Waals surface area contributed by atoms with E-state index in [9.17, 15) is 9.18 Å². The van der Waals surface area contributed by atoms with Crippen LogP contribution in [0.5, 0.6) is 0 Å². The van der Waals surface area contributed by atoms with Gasteiger partial charge in [-0.05, 0) is 49.2 Å². The van der Waals surface area contributed by atoms with Crippen LogP contribution in [0.15, 0.2) is 59.1 Å². The lowest BCUT2D eigenvalue weighted by Crippen LogP contribution is -3.11. The normalized spacial score (nSPS) is 12.0. The van der Waals surface area contributed by atoms with Gasteiger partial charge in [-0.25, -0.2) is 9.37 Å². The van der Waals surface area contributed by atoms with E-state index in [0.29, 0.717) is 24.7 Å². The number of carbonyl (C=O) groups is 1. The molecule has 0 saturated carbocycles. The lowest BCUT2D eigenvalue weighted by Gasteiger charge is -2.17. The number of hydrogen-bond acceptors (Lipinski definition) is 3. The fraction of sp³-hybridized carbons (Fsp3) is 0.273. The molecule has 0 saturated heterocycles. The van der Waals surface area contributed by atoms with Gasteiger partial charge in [-0.3, -0.25) is 4.79 Å². The minimum Gasteiger partial charge on any atom is -0.435 e. The Balaban J connectivity index is 1.63. The van der Waals surface area contributed by atoms with Gasteiger partial charge in [-0.2, -0.15) is 0 Å². The average Bonchev–Trinajstić information content (AvgIpc) is 3.13. The molecule has 1 amide bonds. The molecule has 146 valence electrons. The molecule has 0 radical (unpaired) electrons. The number of halogens is 1. The summed E-state index contributed by atoms with van der Waals surface area (Å²) in [6.07, 6.45) is 2.58. The first-order valence-corrected chi connectivity index (χ1v) is 9.45. The Kier molecular flexibility index (Phi) is 6.55. The van der Waals surface area contributed by atoms with E-state index in [1.807, 2.05) is 31.2 Å². The van der Waals surface area contributed by atoms with Crippen molar-refractivity contribution in [1.29, 1.82) is 0 Å². The summed E-state index contributed by atoms with van der Waals surface area (Å²) in [4.78, 5) is 17.9. The fourth-order valence-electron chi connectivity index (χ4n) is 3.08. The number of para-hydroxylation sites is 1. The monoisotopic (exact) mass is 382 g/mol. The number of aromatic nitrogens is 1. The molecule has 0 bridgehead atoms. The summed E-state index contributed by atoms with van der Waals surface area (Å²) in [6, 6.07) is 13.8. The largest absolute Gasteiger partial charge is 0.435 e. The second kappa shape index (κ2) is 9.28. The Hall–Kier alpha value is -2.99. The van der Waals surface area contributed by atoms with Gasteiger partial charge < -0.3 is 14.6 Å². The van der Waals surface area contributed by atoms with Crippen LogP contribution in [-0.4, -0.2) is 24.0 Å². The van der Waals surface area contributed by atoms with Crippen LogP contribution in [0.1, 0.15) is 24.8 Å². The molecule has 28 heavy (non-hydrogen) atoms. The first-order valence-electron chi connectivity index (χ1n) is 9.45. The highest BCUT2D eigenvalue weighted by molar-refractivity contribution is 5.92. The molecular formula is C22H25FN3O2+. The van der Waals surface area contributed by atoms with Crippen LogP contribution in [-0.2, 0) is 11.3 Å². The molecule has 3 aromatic rings. The molecule has 2 N–H and O–H groups in total. The predicted octanol–water partition coefficient (Wildman–Crippen LogP) is 3.22. The molecule has 5 nitrogen and oxygen atoms in total. The maximum Gasteiger partial charge on any atom is 0.279 e. The molecule has 1 heterocycles. The number of carbonyl (C=O) groups excluding carboxylic acids is 1. The molecule has 0 fully saturated rings. The van der Waals surface area contributed by atoms with E-state index in [4.69, 9.17) is 4.42 Å². The van der Waals surface area contributed by atoms with Crippen molar-refractivity contribution in [3.05, 3.63) is 72.0 Å². The minimum absolute atomic E-state index is 0.0388. The van der Waals surface area contributed by atoms with E-state index in [1.54, 1.807) is 18.3 Å². The summed E-state index contributed by atoms with van der Waals surface area (Å²) >= 11 is 0. The van der Waals surface area contributed by atoms with Crippen molar-refractivity contribution < 1.29 is 18.5 Å². The minimum atomic E-state index is -0.290. The number of rotatable bonds is 8. The summed E-state index contributed by atoms with van der Waals surface area (Å²) in [6.45, 7) is 5.72. The van der Waals surface area contributed by atoms with Crippen molar-refractivity contribution in [2.75, 3.05) is 18.4 Å². The number of nitrogens with one attached hydrogen (secondary N) is 2. The van der Waals surface area contributed by atoms with Crippen LogP contribution >= 0.6 is 0 Å². The molecule has 0 aliphatic carbocycles. The molecule has 0 aliphatic heterocycles. The van der Waals surface area contributed by atoms with Gasteiger partial charge in [0.25, 0.3) is 11.8 Å². The Morgan fingerprint density at radius 3 is 2.64 bits per heavy atom. The van der Waals surface area contributed by atoms with Gasteiger partial charge in [0.05, 0.1) is 12.7 Å². The van der Waals surface area contributed by atoms with Crippen molar-refractivity contribution in [3.8, 4) is 11.3 Å². The second-order valence-electron chi connectivity index (χ2n) is 6.84. The van der Waals surface area contributed by atoms with E-state index in [2.05, 4.69) is 17.2 Å². The SMILES string of the molecule is CCC[NH+](CC(=O)Nc1ccccc1C)Cc1ncc(-c2ccc(F)cc2)o1. The van der Waals surface area contributed by atoms with Crippen molar-refractivity contribution in [1.82, 2.24) is 4.98 Å². The van der Waals surface area contributed by atoms with Gasteiger partial charge in [-0.15, -0.1) is 0 Å². The average molecular weight is 382 g/mol. The zero-order valence-electron chi connectivity index (χ0n) is 16.2. The topological polar surface area (TPSA) is 59.6 Å². The lowest BCUT2D eigenvalue weighted by molar-refractivity contribution is -0.907. The Morgan fingerprint density at radius 2 is 1.93 bits per heavy atom. The van der Waals surface area contributed by atoms with Crippen LogP contribution in [0.3, 0.4) is 0 Å². The molecular weight excluding hydrogens is 357 g/mol. The van der Waals surface area contributed by atoms with Crippen LogP contribution in [0.4, 0.5) is 10.1 Å². The Morgan fingerprint density at radius 1 is 1.18 bits per heavy atom. The summed E-state index contributed by atoms with van der Waals surface area (Å²) in [5.41, 5.74) is 2.64. The number of amides is 1. The third-order valence-corrected chi connectivity index (χ3v) is 4.52. The number of nitrogens with zero attached hydrogens (tertiary/aromatic N) is 1. The standard InChI is InChI=1S/C22H24FN3O2/c1-3-12-26(14-21(27)25-19-7-5-4-6-16(19)2)15-22-24-13-20(28-22)17-8-10-18(23)11-9-17/h4-11,13H,3,12,14-15H2,1-2H3,(H,25,27)/p+1. The van der Waals surface area contributed by atoms with Crippen molar-refractivity contribution in [2.24, 2.45) is 0 Å². The molecule has 6 heteroatoms. The highest BCUT2D eigenvalue weighted by atomic mass is 19.1. The van der Waals surface area contributed by atoms with Crippen molar-refractivity contribution >= 4 is 11.6 Å². The number of anilines is 1. The van der Waals surface area contributed by atoms with E-state index >= 15 is 0 Å². The second-order valence-corrected chi connectivity index (χ2v) is 6.84. The molecule has 3 rings (SSSR count). The van der Waals surface area contributed by atoms with E-state index in [1.165, 1.54) is 12.1 Å². The smallest absolute Gasteiger partial charge is 0.279 e. The Bertz CT molecular complexity index is 922. The summed E-state index contributed by atoms with van der Waals surface area (Å²) < 4.78 is 18.9. The van der Waals surface area contributed by atoms with Gasteiger partial charge >= 0.3 is 0 Å². The van der Waals surface area contributed by atoms with Crippen molar-refractivity contribution in [3.63, 3.8) is 0 Å². The van der Waals surface area contributed by atoms with E-state index < -0.39 is 0 Å². The lowest BCUT2D eigenvalue weighted by atomic mass is 10.2. The third-order valence-electron chi connectivity index (χ3n) is 4.52. The summed E-state index contributed by atoms with van der Waals surface area (Å²) in [5.74, 6) is 0.825. The van der Waals surface area contributed by atoms with Crippen LogP contribution in [0, 0.1) is 12.7 Å². The number of quaternary nitrogens is 1. The molecule has 0 aliphatic rings. The number of benzene rings is 2. The molecule has 2 aromatic carbocycles. The first-order chi connectivity index (χ1) is 13.5. The first kappa shape index (κ1) is 19.8. The summed E-state index contributed by atoms with van der Waals surface area (Å²) in [5, 5.41) is 2.97. The highest BCUT2D eigenvalue weighted by Gasteiger charge is 2.18.